The first-order chi connectivity index (χ1) is 11.8. The van der Waals surface area contributed by atoms with Crippen LogP contribution in [-0.2, 0) is 4.74 Å². The summed E-state index contributed by atoms with van der Waals surface area (Å²) in [6.07, 6.45) is 6.17. The van der Waals surface area contributed by atoms with Crippen LogP contribution >= 0.6 is 11.6 Å². The van der Waals surface area contributed by atoms with E-state index in [1.165, 1.54) is 0 Å². The Morgan fingerprint density at radius 1 is 1.28 bits per heavy atom. The number of carbonyl (C=O) groups is 1. The number of hydrogen-bond donors (Lipinski definition) is 0. The second kappa shape index (κ2) is 7.16. The van der Waals surface area contributed by atoms with Gasteiger partial charge >= 0.3 is 6.09 Å². The summed E-state index contributed by atoms with van der Waals surface area (Å²) in [4.78, 5) is 22.9. The third-order valence-electron chi connectivity index (χ3n) is 4.41. The molecule has 1 fully saturated rings. The van der Waals surface area contributed by atoms with Gasteiger partial charge in [-0.2, -0.15) is 0 Å². The summed E-state index contributed by atoms with van der Waals surface area (Å²) in [5.74, 6) is 0.301. The third kappa shape index (κ3) is 4.40. The van der Waals surface area contributed by atoms with Crippen LogP contribution in [0.1, 0.15) is 51.6 Å². The predicted molar refractivity (Wildman–Crippen MR) is 98.9 cm³/mol. The Bertz CT molecular complexity index is 773. The molecule has 0 aromatic carbocycles. The molecule has 3 heterocycles. The number of pyridine rings is 2. The molecule has 25 heavy (non-hydrogen) atoms. The third-order valence-corrected chi connectivity index (χ3v) is 4.62. The van der Waals surface area contributed by atoms with Gasteiger partial charge in [-0.1, -0.05) is 11.6 Å². The first-order valence-electron chi connectivity index (χ1n) is 8.71. The van der Waals surface area contributed by atoms with Crippen LogP contribution < -0.4 is 0 Å². The topological polar surface area (TPSA) is 55.3 Å². The minimum absolute atomic E-state index is 0.230. The van der Waals surface area contributed by atoms with Crippen LogP contribution in [-0.4, -0.2) is 39.7 Å². The molecular formula is C19H24ClN3O2. The van der Waals surface area contributed by atoms with Gasteiger partial charge in [0.25, 0.3) is 0 Å². The average molecular weight is 362 g/mol. The lowest BCUT2D eigenvalue weighted by molar-refractivity contribution is 0.0256. The standard InChI is InChI=1S/C19H24ClN3O2/c1-19(2,3)25-18(24)23-9-4-5-13(7-10-23)17-15-11-16(20)22-12-14(15)6-8-21-17/h6,8,11-13H,4-5,7,9-10H2,1-3H3. The van der Waals surface area contributed by atoms with Crippen LogP contribution in [0.25, 0.3) is 10.8 Å². The summed E-state index contributed by atoms with van der Waals surface area (Å²) >= 11 is 6.08. The van der Waals surface area contributed by atoms with Crippen molar-refractivity contribution in [3.8, 4) is 0 Å². The van der Waals surface area contributed by atoms with E-state index in [0.29, 0.717) is 17.6 Å². The number of ether oxygens (including phenoxy) is 1. The van der Waals surface area contributed by atoms with Gasteiger partial charge in [0, 0.05) is 42.2 Å². The zero-order chi connectivity index (χ0) is 18.0. The lowest BCUT2D eigenvalue weighted by Gasteiger charge is -2.26. The molecule has 1 aliphatic heterocycles. The molecule has 1 unspecified atom stereocenters. The van der Waals surface area contributed by atoms with Crippen molar-refractivity contribution in [2.45, 2.75) is 51.6 Å². The number of amides is 1. The molecule has 5 nitrogen and oxygen atoms in total. The lowest BCUT2D eigenvalue weighted by atomic mass is 9.93. The second-order valence-electron chi connectivity index (χ2n) is 7.52. The van der Waals surface area contributed by atoms with Gasteiger partial charge in [-0.3, -0.25) is 4.98 Å². The lowest BCUT2D eigenvalue weighted by Crippen LogP contribution is -2.37. The highest BCUT2D eigenvalue weighted by Crippen LogP contribution is 2.32. The zero-order valence-corrected chi connectivity index (χ0v) is 15.7. The highest BCUT2D eigenvalue weighted by atomic mass is 35.5. The van der Waals surface area contributed by atoms with Gasteiger partial charge in [-0.25, -0.2) is 9.78 Å². The number of rotatable bonds is 1. The Kier molecular flexibility index (Phi) is 5.13. The van der Waals surface area contributed by atoms with Gasteiger partial charge in [-0.05, 0) is 52.2 Å². The monoisotopic (exact) mass is 361 g/mol. The predicted octanol–water partition coefficient (Wildman–Crippen LogP) is 4.79. The molecule has 1 amide bonds. The van der Waals surface area contributed by atoms with Gasteiger partial charge in [0.15, 0.2) is 0 Å². The maximum absolute atomic E-state index is 12.3. The molecule has 0 saturated carbocycles. The van der Waals surface area contributed by atoms with Crippen LogP contribution in [0.3, 0.4) is 0 Å². The summed E-state index contributed by atoms with van der Waals surface area (Å²) in [6.45, 7) is 7.07. The smallest absolute Gasteiger partial charge is 0.410 e. The summed E-state index contributed by atoms with van der Waals surface area (Å²) < 4.78 is 5.51. The van der Waals surface area contributed by atoms with Crippen molar-refractivity contribution in [2.75, 3.05) is 13.1 Å². The molecule has 0 spiro atoms. The minimum atomic E-state index is -0.469. The molecule has 3 rings (SSSR count). The van der Waals surface area contributed by atoms with E-state index in [2.05, 4.69) is 9.97 Å². The molecule has 1 saturated heterocycles. The number of likely N-dealkylation sites (tertiary alicyclic amines) is 1. The highest BCUT2D eigenvalue weighted by Gasteiger charge is 2.26. The average Bonchev–Trinajstić information content (AvgIpc) is 2.78. The summed E-state index contributed by atoms with van der Waals surface area (Å²) in [5.41, 5.74) is 0.580. The van der Waals surface area contributed by atoms with Crippen LogP contribution in [0.15, 0.2) is 24.5 Å². The highest BCUT2D eigenvalue weighted by molar-refractivity contribution is 6.30. The molecule has 0 bridgehead atoms. The van der Waals surface area contributed by atoms with E-state index in [1.54, 1.807) is 6.20 Å². The maximum atomic E-state index is 12.3. The summed E-state index contributed by atoms with van der Waals surface area (Å²) in [7, 11) is 0. The van der Waals surface area contributed by atoms with Crippen LogP contribution in [0, 0.1) is 0 Å². The van der Waals surface area contributed by atoms with E-state index >= 15 is 0 Å². The minimum Gasteiger partial charge on any atom is -0.444 e. The van der Waals surface area contributed by atoms with Crippen molar-refractivity contribution in [3.05, 3.63) is 35.4 Å². The molecule has 1 atom stereocenters. The van der Waals surface area contributed by atoms with Crippen molar-refractivity contribution in [1.82, 2.24) is 14.9 Å². The van der Waals surface area contributed by atoms with E-state index in [9.17, 15) is 4.79 Å². The summed E-state index contributed by atoms with van der Waals surface area (Å²) in [5, 5.41) is 2.58. The van der Waals surface area contributed by atoms with Crippen molar-refractivity contribution in [1.29, 1.82) is 0 Å². The van der Waals surface area contributed by atoms with E-state index in [1.807, 2.05) is 44.0 Å². The van der Waals surface area contributed by atoms with Crippen molar-refractivity contribution < 1.29 is 9.53 Å². The Hall–Kier alpha value is -1.88. The SMILES string of the molecule is CC(C)(C)OC(=O)N1CCCC(c2nccc3cnc(Cl)cc23)CC1. The number of fused-ring (bicyclic) bond motifs is 1. The number of hydrogen-bond acceptors (Lipinski definition) is 4. The Balaban J connectivity index is 1.78. The van der Waals surface area contributed by atoms with Gasteiger partial charge in [0.05, 0.1) is 5.69 Å². The number of halogens is 1. The van der Waals surface area contributed by atoms with E-state index < -0.39 is 5.60 Å². The Labute approximate surface area is 153 Å². The molecule has 134 valence electrons. The van der Waals surface area contributed by atoms with Crippen LogP contribution in [0.2, 0.25) is 5.15 Å². The van der Waals surface area contributed by atoms with Gasteiger partial charge in [-0.15, -0.1) is 0 Å². The maximum Gasteiger partial charge on any atom is 0.410 e. The largest absolute Gasteiger partial charge is 0.444 e. The molecule has 2 aromatic rings. The first-order valence-corrected chi connectivity index (χ1v) is 9.09. The first kappa shape index (κ1) is 17.9. The fourth-order valence-electron chi connectivity index (χ4n) is 3.27. The van der Waals surface area contributed by atoms with E-state index in [0.717, 1.165) is 42.3 Å². The number of aromatic nitrogens is 2. The van der Waals surface area contributed by atoms with Gasteiger partial charge < -0.3 is 9.64 Å². The second-order valence-corrected chi connectivity index (χ2v) is 7.91. The molecule has 0 radical (unpaired) electrons. The van der Waals surface area contributed by atoms with Crippen LogP contribution in [0.4, 0.5) is 4.79 Å². The van der Waals surface area contributed by atoms with Gasteiger partial charge in [0.1, 0.15) is 10.8 Å². The molecule has 6 heteroatoms. The molecule has 0 aliphatic carbocycles. The Morgan fingerprint density at radius 3 is 2.84 bits per heavy atom. The summed E-state index contributed by atoms with van der Waals surface area (Å²) in [6, 6.07) is 3.83. The molecular weight excluding hydrogens is 338 g/mol. The van der Waals surface area contributed by atoms with Gasteiger partial charge in [0.2, 0.25) is 0 Å². The normalized spacial score (nSPS) is 18.9. The number of nitrogens with zero attached hydrogens (tertiary/aromatic N) is 3. The molecule has 0 N–H and O–H groups in total. The molecule has 1 aliphatic rings. The van der Waals surface area contributed by atoms with Crippen molar-refractivity contribution >= 4 is 28.5 Å². The number of carbonyl (C=O) groups excluding carboxylic acids is 1. The molecule has 2 aromatic heterocycles. The van der Waals surface area contributed by atoms with E-state index in [4.69, 9.17) is 16.3 Å². The fourth-order valence-corrected chi connectivity index (χ4v) is 3.42. The van der Waals surface area contributed by atoms with Crippen molar-refractivity contribution in [3.63, 3.8) is 0 Å². The zero-order valence-electron chi connectivity index (χ0n) is 15.0. The van der Waals surface area contributed by atoms with Crippen molar-refractivity contribution in [2.24, 2.45) is 0 Å². The quantitative estimate of drug-likeness (QED) is 0.685. The Morgan fingerprint density at radius 2 is 2.08 bits per heavy atom. The van der Waals surface area contributed by atoms with Crippen LogP contribution in [0.5, 0.6) is 0 Å². The van der Waals surface area contributed by atoms with E-state index in [-0.39, 0.29) is 6.09 Å². The fraction of sp³-hybridized carbons (Fsp3) is 0.526.